The van der Waals surface area contributed by atoms with Crippen LogP contribution in [0.25, 0.3) is 0 Å². The van der Waals surface area contributed by atoms with E-state index in [0.29, 0.717) is 6.54 Å². The minimum atomic E-state index is -0.911. The molecule has 1 aromatic rings. The monoisotopic (exact) mass is 297 g/mol. The maximum absolute atomic E-state index is 11.9. The molecule has 0 aromatic heterocycles. The summed E-state index contributed by atoms with van der Waals surface area (Å²) in [6, 6.07) is 5.81. The molecule has 0 saturated carbocycles. The smallest absolute Gasteiger partial charge is 0.313 e. The van der Waals surface area contributed by atoms with Crippen LogP contribution in [0.15, 0.2) is 18.2 Å². The number of ether oxygens (including phenoxy) is 1. The lowest BCUT2D eigenvalue weighted by Crippen LogP contribution is -2.28. The Kier molecular flexibility index (Phi) is 6.38. The van der Waals surface area contributed by atoms with E-state index in [1.54, 1.807) is 19.1 Å². The van der Waals surface area contributed by atoms with E-state index in [0.717, 1.165) is 28.6 Å². The van der Waals surface area contributed by atoms with E-state index >= 15 is 0 Å². The molecule has 0 unspecified atom stereocenters. The summed E-state index contributed by atoms with van der Waals surface area (Å²) >= 11 is 1.10. The standard InChI is InChI=1S/C14H19NO4S/c1-10-4-5-12(19-3)11(6-10)7-15(2)13(16)8-20-9-14(17)18/h4-6H,7-9H2,1-3H3,(H,17,18). The zero-order valence-corrected chi connectivity index (χ0v) is 12.7. The maximum Gasteiger partial charge on any atom is 0.313 e. The largest absolute Gasteiger partial charge is 0.496 e. The molecule has 0 atom stereocenters. The molecule has 0 heterocycles. The highest BCUT2D eigenvalue weighted by Crippen LogP contribution is 2.21. The van der Waals surface area contributed by atoms with Crippen LogP contribution in [-0.4, -0.2) is 47.5 Å². The van der Waals surface area contributed by atoms with Gasteiger partial charge in [-0.05, 0) is 13.0 Å². The van der Waals surface area contributed by atoms with Crippen LogP contribution < -0.4 is 4.74 Å². The summed E-state index contributed by atoms with van der Waals surface area (Å²) in [5, 5.41) is 8.54. The van der Waals surface area contributed by atoms with Gasteiger partial charge >= 0.3 is 5.97 Å². The minimum Gasteiger partial charge on any atom is -0.496 e. The highest BCUT2D eigenvalue weighted by Gasteiger charge is 2.13. The van der Waals surface area contributed by atoms with Crippen LogP contribution in [0.4, 0.5) is 0 Å². The van der Waals surface area contributed by atoms with Crippen LogP contribution >= 0.6 is 11.8 Å². The number of hydrogen-bond donors (Lipinski definition) is 1. The van der Waals surface area contributed by atoms with Crippen molar-refractivity contribution in [1.29, 1.82) is 0 Å². The van der Waals surface area contributed by atoms with Gasteiger partial charge in [0.15, 0.2) is 0 Å². The highest BCUT2D eigenvalue weighted by molar-refractivity contribution is 8.00. The summed E-state index contributed by atoms with van der Waals surface area (Å²) in [6.07, 6.45) is 0. The fourth-order valence-electron chi connectivity index (χ4n) is 1.71. The van der Waals surface area contributed by atoms with Crippen LogP contribution in [0.1, 0.15) is 11.1 Å². The molecule has 0 aliphatic heterocycles. The number of amides is 1. The number of carbonyl (C=O) groups is 2. The van der Waals surface area contributed by atoms with Gasteiger partial charge < -0.3 is 14.7 Å². The molecule has 5 nitrogen and oxygen atoms in total. The predicted octanol–water partition coefficient (Wildman–Crippen LogP) is 1.78. The summed E-state index contributed by atoms with van der Waals surface area (Å²) < 4.78 is 5.27. The van der Waals surface area contributed by atoms with E-state index in [2.05, 4.69) is 0 Å². The van der Waals surface area contributed by atoms with E-state index in [4.69, 9.17) is 9.84 Å². The lowest BCUT2D eigenvalue weighted by Gasteiger charge is -2.19. The predicted molar refractivity (Wildman–Crippen MR) is 79.2 cm³/mol. The zero-order chi connectivity index (χ0) is 15.1. The molecule has 1 amide bonds. The Labute approximate surface area is 122 Å². The van der Waals surface area contributed by atoms with E-state index in [1.165, 1.54) is 0 Å². The molecule has 0 aliphatic rings. The second kappa shape index (κ2) is 7.79. The number of thioether (sulfide) groups is 1. The molecule has 110 valence electrons. The molecular weight excluding hydrogens is 278 g/mol. The second-order valence-corrected chi connectivity index (χ2v) is 5.44. The molecule has 1 N–H and O–H groups in total. The third-order valence-corrected chi connectivity index (χ3v) is 3.62. The lowest BCUT2D eigenvalue weighted by molar-refractivity contribution is -0.133. The molecule has 0 saturated heterocycles. The molecule has 20 heavy (non-hydrogen) atoms. The van der Waals surface area contributed by atoms with Gasteiger partial charge in [0.1, 0.15) is 5.75 Å². The number of aliphatic carboxylic acids is 1. The van der Waals surface area contributed by atoms with E-state index < -0.39 is 5.97 Å². The van der Waals surface area contributed by atoms with Crippen molar-refractivity contribution in [3.63, 3.8) is 0 Å². The van der Waals surface area contributed by atoms with E-state index in [-0.39, 0.29) is 17.4 Å². The van der Waals surface area contributed by atoms with Gasteiger partial charge in [0, 0.05) is 19.2 Å². The molecule has 1 aromatic carbocycles. The van der Waals surface area contributed by atoms with Crippen molar-refractivity contribution in [3.8, 4) is 5.75 Å². The molecular formula is C14H19NO4S. The zero-order valence-electron chi connectivity index (χ0n) is 11.9. The summed E-state index contributed by atoms with van der Waals surface area (Å²) in [5.74, 6) is -0.163. The van der Waals surface area contributed by atoms with Crippen LogP contribution in [0.2, 0.25) is 0 Å². The Morgan fingerprint density at radius 3 is 2.65 bits per heavy atom. The van der Waals surface area contributed by atoms with Gasteiger partial charge in [0.2, 0.25) is 5.91 Å². The number of benzene rings is 1. The number of nitrogens with zero attached hydrogens (tertiary/aromatic N) is 1. The fourth-order valence-corrected chi connectivity index (χ4v) is 2.38. The fraction of sp³-hybridized carbons (Fsp3) is 0.429. The van der Waals surface area contributed by atoms with Gasteiger partial charge in [0.05, 0.1) is 18.6 Å². The summed E-state index contributed by atoms with van der Waals surface area (Å²) in [6.45, 7) is 2.42. The van der Waals surface area contributed by atoms with Crippen molar-refractivity contribution in [2.45, 2.75) is 13.5 Å². The molecule has 1 rings (SSSR count). The number of rotatable bonds is 7. The molecule has 0 bridgehead atoms. The number of methoxy groups -OCH3 is 1. The number of carbonyl (C=O) groups excluding carboxylic acids is 1. The summed E-state index contributed by atoms with van der Waals surface area (Å²) in [4.78, 5) is 23.9. The average molecular weight is 297 g/mol. The summed E-state index contributed by atoms with van der Waals surface area (Å²) in [7, 11) is 3.30. The number of carboxylic acids is 1. The highest BCUT2D eigenvalue weighted by atomic mass is 32.2. The first-order chi connectivity index (χ1) is 9.43. The Hall–Kier alpha value is -1.69. The van der Waals surface area contributed by atoms with Crippen molar-refractivity contribution >= 4 is 23.6 Å². The Morgan fingerprint density at radius 1 is 1.35 bits per heavy atom. The van der Waals surface area contributed by atoms with Gasteiger partial charge in [-0.2, -0.15) is 0 Å². The molecule has 0 fully saturated rings. The van der Waals surface area contributed by atoms with E-state index in [1.807, 2.05) is 25.1 Å². The quantitative estimate of drug-likeness (QED) is 0.831. The second-order valence-electron chi connectivity index (χ2n) is 4.45. The number of hydrogen-bond acceptors (Lipinski definition) is 4. The van der Waals surface area contributed by atoms with E-state index in [9.17, 15) is 9.59 Å². The van der Waals surface area contributed by atoms with Gasteiger partial charge in [-0.15, -0.1) is 11.8 Å². The van der Waals surface area contributed by atoms with Crippen LogP contribution in [0, 0.1) is 6.92 Å². The molecule has 6 heteroatoms. The van der Waals surface area contributed by atoms with Crippen molar-refractivity contribution in [1.82, 2.24) is 4.90 Å². The molecule has 0 radical (unpaired) electrons. The first kappa shape index (κ1) is 16.4. The SMILES string of the molecule is COc1ccc(C)cc1CN(C)C(=O)CSCC(=O)O. The summed E-state index contributed by atoms with van der Waals surface area (Å²) in [5.41, 5.74) is 2.04. The normalized spacial score (nSPS) is 10.2. The van der Waals surface area contributed by atoms with Crippen molar-refractivity contribution < 1.29 is 19.4 Å². The van der Waals surface area contributed by atoms with Crippen molar-refractivity contribution in [3.05, 3.63) is 29.3 Å². The van der Waals surface area contributed by atoms with Crippen LogP contribution in [0.5, 0.6) is 5.75 Å². The van der Waals surface area contributed by atoms with Crippen molar-refractivity contribution in [2.75, 3.05) is 25.7 Å². The van der Waals surface area contributed by atoms with Gasteiger partial charge in [-0.3, -0.25) is 9.59 Å². The molecule has 0 aliphatic carbocycles. The average Bonchev–Trinajstić information content (AvgIpc) is 2.38. The van der Waals surface area contributed by atoms with Crippen LogP contribution in [0.3, 0.4) is 0 Å². The first-order valence-corrected chi connectivity index (χ1v) is 7.26. The van der Waals surface area contributed by atoms with Gasteiger partial charge in [-0.25, -0.2) is 0 Å². The molecule has 0 spiro atoms. The Balaban J connectivity index is 2.61. The first-order valence-electron chi connectivity index (χ1n) is 6.11. The van der Waals surface area contributed by atoms with Crippen molar-refractivity contribution in [2.24, 2.45) is 0 Å². The number of carboxylic acid groups (broad SMARTS) is 1. The van der Waals surface area contributed by atoms with Crippen LogP contribution in [-0.2, 0) is 16.1 Å². The topological polar surface area (TPSA) is 66.8 Å². The number of aryl methyl sites for hydroxylation is 1. The van der Waals surface area contributed by atoms with Gasteiger partial charge in [0.25, 0.3) is 0 Å². The minimum absolute atomic E-state index is 0.0622. The lowest BCUT2D eigenvalue weighted by atomic mass is 10.1. The van der Waals surface area contributed by atoms with Gasteiger partial charge in [-0.1, -0.05) is 17.7 Å². The Morgan fingerprint density at radius 2 is 2.05 bits per heavy atom. The Bertz CT molecular complexity index is 490. The third kappa shape index (κ3) is 5.13. The third-order valence-electron chi connectivity index (χ3n) is 2.72. The maximum atomic E-state index is 11.9.